The van der Waals surface area contributed by atoms with Crippen molar-refractivity contribution < 1.29 is 19.1 Å². The van der Waals surface area contributed by atoms with Crippen LogP contribution in [-0.4, -0.2) is 66.0 Å². The van der Waals surface area contributed by atoms with E-state index in [2.05, 4.69) is 5.32 Å². The number of nitrogens with zero attached hydrogens (tertiary/aromatic N) is 2. The molecule has 44 heavy (non-hydrogen) atoms. The average Bonchev–Trinajstić information content (AvgIpc) is 3.86. The number of ether oxygens (including phenoxy) is 2. The predicted octanol–water partition coefficient (Wildman–Crippen LogP) is 6.64. The van der Waals surface area contributed by atoms with Crippen LogP contribution in [0, 0.1) is 0 Å². The second kappa shape index (κ2) is 13.4. The normalized spacial score (nSPS) is 19.5. The molecule has 0 spiro atoms. The zero-order chi connectivity index (χ0) is 30.8. The Hall–Kier alpha value is -3.23. The van der Waals surface area contributed by atoms with Gasteiger partial charge in [-0.2, -0.15) is 0 Å². The van der Waals surface area contributed by atoms with Crippen molar-refractivity contribution in [2.75, 3.05) is 26.3 Å². The minimum atomic E-state index is -0.257. The van der Waals surface area contributed by atoms with E-state index in [0.29, 0.717) is 65.8 Å². The third-order valence-electron chi connectivity index (χ3n) is 8.36. The van der Waals surface area contributed by atoms with Crippen LogP contribution in [0.2, 0.25) is 15.1 Å². The first-order valence-corrected chi connectivity index (χ1v) is 16.0. The highest BCUT2D eigenvalue weighted by Crippen LogP contribution is 2.38. The Balaban J connectivity index is 1.23. The lowest BCUT2D eigenvalue weighted by Crippen LogP contribution is -2.61. The SMILES string of the molecule is CC(=O)N1C[C@H]2CC(c3ccc(OCCOc4cccc(Cl)c4Cl)cc3)=C(C(=O)N(Cc3ccccc3Cl)C3CC3)[C@@H](C1)N2. The molecule has 3 aromatic rings. The van der Waals surface area contributed by atoms with E-state index in [0.717, 1.165) is 35.1 Å². The van der Waals surface area contributed by atoms with Gasteiger partial charge in [-0.05, 0) is 66.3 Å². The molecule has 3 aromatic carbocycles. The van der Waals surface area contributed by atoms with Crippen LogP contribution in [0.5, 0.6) is 11.5 Å². The largest absolute Gasteiger partial charge is 0.490 e. The van der Waals surface area contributed by atoms with Crippen molar-refractivity contribution in [2.24, 2.45) is 0 Å². The van der Waals surface area contributed by atoms with E-state index in [1.807, 2.05) is 58.3 Å². The summed E-state index contributed by atoms with van der Waals surface area (Å²) in [7, 11) is 0. The number of halogens is 3. The number of piperazine rings is 1. The highest BCUT2D eigenvalue weighted by atomic mass is 35.5. The molecule has 2 heterocycles. The van der Waals surface area contributed by atoms with Gasteiger partial charge in [0, 0.05) is 49.2 Å². The third kappa shape index (κ3) is 6.86. The first kappa shape index (κ1) is 30.8. The summed E-state index contributed by atoms with van der Waals surface area (Å²) in [6.07, 6.45) is 2.58. The molecular formula is C34H34Cl3N3O4. The monoisotopic (exact) mass is 653 g/mol. The quantitative estimate of drug-likeness (QED) is 0.248. The molecule has 1 N–H and O–H groups in total. The van der Waals surface area contributed by atoms with E-state index >= 15 is 0 Å². The van der Waals surface area contributed by atoms with Gasteiger partial charge in [-0.1, -0.05) is 71.2 Å². The van der Waals surface area contributed by atoms with Crippen LogP contribution in [0.3, 0.4) is 0 Å². The minimum Gasteiger partial charge on any atom is -0.490 e. The van der Waals surface area contributed by atoms with Crippen molar-refractivity contribution in [1.82, 2.24) is 15.1 Å². The van der Waals surface area contributed by atoms with Crippen molar-refractivity contribution in [3.8, 4) is 11.5 Å². The Morgan fingerprint density at radius 1 is 0.909 bits per heavy atom. The summed E-state index contributed by atoms with van der Waals surface area (Å²) in [6.45, 7) is 3.73. The summed E-state index contributed by atoms with van der Waals surface area (Å²) in [6, 6.07) is 20.8. The lowest BCUT2D eigenvalue weighted by Gasteiger charge is -2.44. The van der Waals surface area contributed by atoms with Crippen LogP contribution in [0.4, 0.5) is 0 Å². The van der Waals surface area contributed by atoms with Crippen LogP contribution < -0.4 is 14.8 Å². The predicted molar refractivity (Wildman–Crippen MR) is 173 cm³/mol. The van der Waals surface area contributed by atoms with E-state index in [9.17, 15) is 9.59 Å². The molecule has 3 aliphatic rings. The number of carbonyl (C=O) groups is 2. The van der Waals surface area contributed by atoms with Crippen molar-refractivity contribution in [3.63, 3.8) is 0 Å². The molecule has 1 aliphatic carbocycles. The zero-order valence-electron chi connectivity index (χ0n) is 24.4. The molecule has 230 valence electrons. The fourth-order valence-electron chi connectivity index (χ4n) is 6.00. The van der Waals surface area contributed by atoms with Gasteiger partial charge < -0.3 is 24.6 Å². The maximum absolute atomic E-state index is 14.5. The van der Waals surface area contributed by atoms with Crippen LogP contribution >= 0.6 is 34.8 Å². The highest BCUT2D eigenvalue weighted by molar-refractivity contribution is 6.42. The number of hydrogen-bond donors (Lipinski definition) is 1. The Labute approximate surface area is 272 Å². The molecule has 0 aromatic heterocycles. The molecule has 1 saturated carbocycles. The maximum atomic E-state index is 14.5. The van der Waals surface area contributed by atoms with E-state index in [1.54, 1.807) is 25.1 Å². The van der Waals surface area contributed by atoms with E-state index in [4.69, 9.17) is 44.3 Å². The topological polar surface area (TPSA) is 71.1 Å². The molecule has 6 rings (SSSR count). The number of hydrogen-bond acceptors (Lipinski definition) is 5. The second-order valence-electron chi connectivity index (χ2n) is 11.5. The molecule has 2 fully saturated rings. The number of nitrogens with one attached hydrogen (secondary N) is 1. The average molecular weight is 655 g/mol. The summed E-state index contributed by atoms with van der Waals surface area (Å²) in [5.74, 6) is 1.23. The Kier molecular flexibility index (Phi) is 9.38. The molecule has 10 heteroatoms. The van der Waals surface area contributed by atoms with Gasteiger partial charge in [0.25, 0.3) is 5.91 Å². The zero-order valence-corrected chi connectivity index (χ0v) is 26.7. The van der Waals surface area contributed by atoms with Crippen LogP contribution in [0.1, 0.15) is 37.3 Å². The maximum Gasteiger partial charge on any atom is 0.252 e. The number of rotatable bonds is 10. The molecule has 7 nitrogen and oxygen atoms in total. The van der Waals surface area contributed by atoms with Gasteiger partial charge in [0.15, 0.2) is 0 Å². The Bertz CT molecular complexity index is 1570. The number of carbonyl (C=O) groups excluding carboxylic acids is 2. The molecule has 0 unspecified atom stereocenters. The van der Waals surface area contributed by atoms with Gasteiger partial charge in [-0.15, -0.1) is 0 Å². The molecule has 1 saturated heterocycles. The van der Waals surface area contributed by atoms with Gasteiger partial charge in [-0.3, -0.25) is 9.59 Å². The van der Waals surface area contributed by atoms with Crippen LogP contribution in [0.25, 0.3) is 5.57 Å². The molecule has 2 atom stereocenters. The van der Waals surface area contributed by atoms with Crippen molar-refractivity contribution in [2.45, 2.75) is 50.9 Å². The highest BCUT2D eigenvalue weighted by Gasteiger charge is 2.43. The fraction of sp³-hybridized carbons (Fsp3) is 0.353. The fourth-order valence-corrected chi connectivity index (χ4v) is 6.54. The van der Waals surface area contributed by atoms with Gasteiger partial charge >= 0.3 is 0 Å². The third-order valence-corrected chi connectivity index (χ3v) is 9.53. The summed E-state index contributed by atoms with van der Waals surface area (Å²) in [5.41, 5.74) is 3.65. The van der Waals surface area contributed by atoms with Crippen molar-refractivity contribution in [1.29, 1.82) is 0 Å². The lowest BCUT2D eigenvalue weighted by atomic mass is 9.82. The van der Waals surface area contributed by atoms with Crippen LogP contribution in [0.15, 0.2) is 72.3 Å². The first-order valence-electron chi connectivity index (χ1n) is 14.9. The van der Waals surface area contributed by atoms with E-state index in [-0.39, 0.29) is 29.9 Å². The number of benzene rings is 3. The van der Waals surface area contributed by atoms with Gasteiger partial charge in [0.1, 0.15) is 29.7 Å². The van der Waals surface area contributed by atoms with Gasteiger partial charge in [0.05, 0.1) is 11.1 Å². The molecule has 0 radical (unpaired) electrons. The summed E-state index contributed by atoms with van der Waals surface area (Å²) in [4.78, 5) is 30.7. The molecular weight excluding hydrogens is 621 g/mol. The molecule has 2 amide bonds. The van der Waals surface area contributed by atoms with E-state index in [1.165, 1.54) is 0 Å². The van der Waals surface area contributed by atoms with E-state index < -0.39 is 0 Å². The minimum absolute atomic E-state index is 0.000855. The van der Waals surface area contributed by atoms with Crippen molar-refractivity contribution in [3.05, 3.63) is 98.5 Å². The summed E-state index contributed by atoms with van der Waals surface area (Å²) < 4.78 is 11.7. The lowest BCUT2D eigenvalue weighted by molar-refractivity contribution is -0.132. The van der Waals surface area contributed by atoms with Crippen molar-refractivity contribution >= 4 is 52.2 Å². The standard InChI is InChI=1S/C34H34Cl3N3O4/c1-21(41)39-19-24-17-27(22-9-13-26(14-10-22)43-15-16-44-31-8-4-7-29(36)33(31)37)32(30(20-39)38-24)34(42)40(25-11-12-25)18-23-5-2-3-6-28(23)35/h2-10,13-14,24-25,30,38H,11-12,15-20H2,1H3/t24-,30-/m1/s1. The summed E-state index contributed by atoms with van der Waals surface area (Å²) >= 11 is 18.8. The second-order valence-corrected chi connectivity index (χ2v) is 12.7. The molecule has 2 bridgehead atoms. The first-order chi connectivity index (χ1) is 21.3. The van der Waals surface area contributed by atoms with Gasteiger partial charge in [0.2, 0.25) is 5.91 Å². The summed E-state index contributed by atoms with van der Waals surface area (Å²) in [5, 5.41) is 5.11. The number of amides is 2. The Morgan fingerprint density at radius 3 is 2.36 bits per heavy atom. The number of fused-ring (bicyclic) bond motifs is 2. The smallest absolute Gasteiger partial charge is 0.252 e. The Morgan fingerprint density at radius 2 is 1.64 bits per heavy atom. The van der Waals surface area contributed by atoms with Gasteiger partial charge in [-0.25, -0.2) is 0 Å². The molecule has 2 aliphatic heterocycles. The van der Waals surface area contributed by atoms with Crippen LogP contribution in [-0.2, 0) is 16.1 Å².